The van der Waals surface area contributed by atoms with E-state index in [0.29, 0.717) is 5.56 Å². The van der Waals surface area contributed by atoms with E-state index in [1.54, 1.807) is 31.2 Å². The minimum absolute atomic E-state index is 0.0468. The zero-order valence-electron chi connectivity index (χ0n) is 12.7. The van der Waals surface area contributed by atoms with Crippen LogP contribution < -0.4 is 0 Å². The van der Waals surface area contributed by atoms with Crippen molar-refractivity contribution in [1.29, 1.82) is 0 Å². The second kappa shape index (κ2) is 7.47. The minimum atomic E-state index is -1.36. The van der Waals surface area contributed by atoms with Gasteiger partial charge in [-0.2, -0.15) is 0 Å². The molecule has 1 N–H and O–H groups in total. The van der Waals surface area contributed by atoms with Gasteiger partial charge >= 0.3 is 5.97 Å². The lowest BCUT2D eigenvalue weighted by Crippen LogP contribution is -2.45. The second-order valence-electron chi connectivity index (χ2n) is 5.59. The van der Waals surface area contributed by atoms with Gasteiger partial charge in [-0.1, -0.05) is 53.5 Å². The number of hydrogen-bond donors (Lipinski definition) is 1. The molecular weight excluding hydrogens is 339 g/mol. The number of allylic oxidation sites excluding steroid dienone is 1. The number of carbonyl (C=O) groups excluding carboxylic acids is 2. The number of carbonyl (C=O) groups is 2. The van der Waals surface area contributed by atoms with Gasteiger partial charge < -0.3 is 9.84 Å². The van der Waals surface area contributed by atoms with Crippen molar-refractivity contribution >= 4 is 35.0 Å². The number of Topliss-reactive ketones (excluding diaryl/α,β-unsaturated/α-hetero) is 1. The average Bonchev–Trinajstić information content (AvgIpc) is 2.47. The molecule has 0 aromatic heterocycles. The summed E-state index contributed by atoms with van der Waals surface area (Å²) < 4.78 is 4.93. The molecule has 2 rings (SSSR count). The van der Waals surface area contributed by atoms with Crippen LogP contribution in [0.25, 0.3) is 0 Å². The fraction of sp³-hybridized carbons (Fsp3) is 0.412. The summed E-state index contributed by atoms with van der Waals surface area (Å²) in [6.45, 7) is 1.85. The van der Waals surface area contributed by atoms with Crippen molar-refractivity contribution in [3.63, 3.8) is 0 Å². The number of halogens is 2. The fourth-order valence-corrected chi connectivity index (χ4v) is 3.36. The Morgan fingerprint density at radius 3 is 2.61 bits per heavy atom. The number of ether oxygens (including phenoxy) is 1. The Bertz CT molecular complexity index is 610. The van der Waals surface area contributed by atoms with E-state index in [0.717, 1.165) is 0 Å². The molecule has 23 heavy (non-hydrogen) atoms. The quantitative estimate of drug-likeness (QED) is 0.663. The third-order valence-corrected chi connectivity index (χ3v) is 4.26. The van der Waals surface area contributed by atoms with Crippen molar-refractivity contribution < 1.29 is 19.4 Å². The van der Waals surface area contributed by atoms with Crippen LogP contribution in [0.1, 0.15) is 25.3 Å². The first-order valence-corrected chi connectivity index (χ1v) is 8.13. The highest BCUT2D eigenvalue weighted by molar-refractivity contribution is 6.55. The maximum atomic E-state index is 12.5. The lowest BCUT2D eigenvalue weighted by Gasteiger charge is -2.38. The van der Waals surface area contributed by atoms with Gasteiger partial charge in [0.1, 0.15) is 10.4 Å². The zero-order chi connectivity index (χ0) is 17.0. The normalized spacial score (nSPS) is 27.4. The van der Waals surface area contributed by atoms with Gasteiger partial charge in [-0.25, -0.2) is 0 Å². The topological polar surface area (TPSA) is 63.6 Å². The Kier molecular flexibility index (Phi) is 5.84. The number of benzene rings is 1. The molecule has 1 aromatic carbocycles. The Balaban J connectivity index is 2.37. The maximum absolute atomic E-state index is 12.5. The first-order chi connectivity index (χ1) is 10.9. The van der Waals surface area contributed by atoms with Crippen molar-refractivity contribution in [2.75, 3.05) is 6.61 Å². The number of rotatable bonds is 4. The van der Waals surface area contributed by atoms with Crippen molar-refractivity contribution in [3.8, 4) is 0 Å². The van der Waals surface area contributed by atoms with Gasteiger partial charge in [-0.05, 0) is 25.0 Å². The van der Waals surface area contributed by atoms with Gasteiger partial charge in [-0.15, -0.1) is 0 Å². The minimum Gasteiger partial charge on any atom is -0.465 e. The summed E-state index contributed by atoms with van der Waals surface area (Å²) in [4.78, 5) is 24.6. The first kappa shape index (κ1) is 18.0. The highest BCUT2D eigenvalue weighted by Crippen LogP contribution is 2.42. The second-order valence-corrected chi connectivity index (χ2v) is 6.60. The van der Waals surface area contributed by atoms with E-state index in [-0.39, 0.29) is 29.7 Å². The molecule has 6 heteroatoms. The Labute approximate surface area is 145 Å². The molecule has 0 spiro atoms. The van der Waals surface area contributed by atoms with Gasteiger partial charge in [0.05, 0.1) is 12.2 Å². The third kappa shape index (κ3) is 4.14. The lowest BCUT2D eigenvalue weighted by molar-refractivity contribution is -0.159. The molecule has 0 radical (unpaired) electrons. The summed E-state index contributed by atoms with van der Waals surface area (Å²) >= 11 is 11.5. The molecule has 0 amide bonds. The molecule has 0 saturated heterocycles. The van der Waals surface area contributed by atoms with Crippen LogP contribution in [-0.4, -0.2) is 23.5 Å². The molecule has 0 aliphatic heterocycles. The Morgan fingerprint density at radius 1 is 1.39 bits per heavy atom. The van der Waals surface area contributed by atoms with E-state index in [4.69, 9.17) is 27.9 Å². The average molecular weight is 357 g/mol. The molecule has 1 fully saturated rings. The van der Waals surface area contributed by atoms with E-state index in [9.17, 15) is 14.7 Å². The van der Waals surface area contributed by atoms with Crippen LogP contribution in [0.5, 0.6) is 0 Å². The molecular formula is C17H18Cl2O4. The third-order valence-electron chi connectivity index (χ3n) is 4.01. The van der Waals surface area contributed by atoms with Gasteiger partial charge in [-0.3, -0.25) is 9.59 Å². The van der Waals surface area contributed by atoms with Gasteiger partial charge in [0.2, 0.25) is 0 Å². The van der Waals surface area contributed by atoms with Crippen LogP contribution in [0.15, 0.2) is 40.9 Å². The van der Waals surface area contributed by atoms with Crippen LogP contribution in [0.3, 0.4) is 0 Å². The smallest absolute Gasteiger partial charge is 0.317 e. The molecule has 1 aliphatic carbocycles. The molecule has 124 valence electrons. The van der Waals surface area contributed by atoms with Crippen molar-refractivity contribution in [1.82, 2.24) is 0 Å². The highest BCUT2D eigenvalue weighted by atomic mass is 35.5. The van der Waals surface area contributed by atoms with Gasteiger partial charge in [0, 0.05) is 12.3 Å². The number of ketones is 1. The van der Waals surface area contributed by atoms with Crippen LogP contribution in [0.2, 0.25) is 0 Å². The molecule has 1 aliphatic rings. The Hall–Kier alpha value is -1.36. The van der Waals surface area contributed by atoms with Crippen molar-refractivity contribution in [2.24, 2.45) is 11.8 Å². The molecule has 1 saturated carbocycles. The molecule has 0 bridgehead atoms. The molecule has 3 atom stereocenters. The summed E-state index contributed by atoms with van der Waals surface area (Å²) in [7, 11) is 0. The molecule has 0 heterocycles. The van der Waals surface area contributed by atoms with E-state index in [1.807, 2.05) is 6.07 Å². The first-order valence-electron chi connectivity index (χ1n) is 7.37. The van der Waals surface area contributed by atoms with Gasteiger partial charge in [0.25, 0.3) is 0 Å². The highest BCUT2D eigenvalue weighted by Gasteiger charge is 2.48. The predicted molar refractivity (Wildman–Crippen MR) is 88.0 cm³/mol. The van der Waals surface area contributed by atoms with Gasteiger partial charge in [0.15, 0.2) is 5.78 Å². The maximum Gasteiger partial charge on any atom is 0.317 e. The van der Waals surface area contributed by atoms with Crippen LogP contribution >= 0.6 is 23.2 Å². The number of hydrogen-bond acceptors (Lipinski definition) is 4. The predicted octanol–water partition coefficient (Wildman–Crippen LogP) is 3.35. The van der Waals surface area contributed by atoms with E-state index in [1.165, 1.54) is 6.08 Å². The summed E-state index contributed by atoms with van der Waals surface area (Å²) in [5, 5.41) is 10.9. The monoisotopic (exact) mass is 356 g/mol. The molecule has 0 unspecified atom stereocenters. The number of aliphatic hydroxyl groups is 1. The summed E-state index contributed by atoms with van der Waals surface area (Å²) in [5.41, 5.74) is -0.731. The number of esters is 1. The molecule has 4 nitrogen and oxygen atoms in total. The lowest BCUT2D eigenvalue weighted by atomic mass is 9.68. The SMILES string of the molecule is CCOC(=O)[C@@H]1C(=O)C[C@@](O)(c2ccccc2)C[C@H]1C=C(Cl)Cl. The zero-order valence-corrected chi connectivity index (χ0v) is 14.2. The van der Waals surface area contributed by atoms with E-state index in [2.05, 4.69) is 0 Å². The summed E-state index contributed by atoms with van der Waals surface area (Å²) in [5.74, 6) is -2.60. The Morgan fingerprint density at radius 2 is 2.04 bits per heavy atom. The summed E-state index contributed by atoms with van der Waals surface area (Å²) in [6, 6.07) is 8.90. The molecule has 1 aromatic rings. The van der Waals surface area contributed by atoms with E-state index < -0.39 is 23.4 Å². The van der Waals surface area contributed by atoms with Crippen LogP contribution in [-0.2, 0) is 19.9 Å². The van der Waals surface area contributed by atoms with Crippen molar-refractivity contribution in [3.05, 3.63) is 46.5 Å². The largest absolute Gasteiger partial charge is 0.465 e. The van der Waals surface area contributed by atoms with E-state index >= 15 is 0 Å². The van der Waals surface area contributed by atoms with Crippen LogP contribution in [0, 0.1) is 11.8 Å². The van der Waals surface area contributed by atoms with Crippen molar-refractivity contribution in [2.45, 2.75) is 25.4 Å². The van der Waals surface area contributed by atoms with Crippen LogP contribution in [0.4, 0.5) is 0 Å². The summed E-state index contributed by atoms with van der Waals surface area (Å²) in [6.07, 6.45) is 1.44. The standard InChI is InChI=1S/C17H18Cl2O4/c1-2-23-16(21)15-11(8-14(18)19)9-17(22,10-13(15)20)12-6-4-3-5-7-12/h3-8,11,15,22H,2,9-10H2,1H3/t11-,15+,17-/m1/s1. The fourth-order valence-electron chi connectivity index (χ4n) is 3.04.